The van der Waals surface area contributed by atoms with Gasteiger partial charge in [0.25, 0.3) is 0 Å². The van der Waals surface area contributed by atoms with Crippen molar-refractivity contribution in [1.29, 1.82) is 0 Å². The first kappa shape index (κ1) is 17.0. The van der Waals surface area contributed by atoms with Crippen LogP contribution < -0.4 is 5.32 Å². The molecule has 1 unspecified atom stereocenters. The number of aromatic nitrogens is 2. The van der Waals surface area contributed by atoms with Gasteiger partial charge in [-0.2, -0.15) is 9.37 Å². The number of rotatable bonds is 5. The van der Waals surface area contributed by atoms with Crippen molar-refractivity contribution >= 4 is 22.4 Å². The van der Waals surface area contributed by atoms with E-state index in [2.05, 4.69) is 26.3 Å². The molecule has 1 aliphatic heterocycles. The number of carbonyl (C=O) groups excluding carboxylic acids is 1. The molecule has 128 valence electrons. The monoisotopic (exact) mass is 348 g/mol. The van der Waals surface area contributed by atoms with Crippen LogP contribution in [0, 0.1) is 18.8 Å². The van der Waals surface area contributed by atoms with E-state index >= 15 is 0 Å². The van der Waals surface area contributed by atoms with Crippen LogP contribution in [0.2, 0.25) is 0 Å². The van der Waals surface area contributed by atoms with Crippen molar-refractivity contribution in [3.63, 3.8) is 0 Å². The third-order valence-corrected chi connectivity index (χ3v) is 5.10. The van der Waals surface area contributed by atoms with Crippen LogP contribution >= 0.6 is 11.3 Å². The summed E-state index contributed by atoms with van der Waals surface area (Å²) in [6.07, 6.45) is 4.06. The molecule has 0 aromatic carbocycles. The largest absolute Gasteiger partial charge is 0.302 e. The second-order valence-electron chi connectivity index (χ2n) is 6.32. The van der Waals surface area contributed by atoms with Gasteiger partial charge in [-0.05, 0) is 43.9 Å². The number of anilines is 1. The van der Waals surface area contributed by atoms with Crippen molar-refractivity contribution in [3.05, 3.63) is 40.4 Å². The molecule has 0 aliphatic carbocycles. The fraction of sp³-hybridized carbons (Fsp3) is 0.471. The molecule has 24 heavy (non-hydrogen) atoms. The first-order valence-corrected chi connectivity index (χ1v) is 8.88. The van der Waals surface area contributed by atoms with E-state index in [0.717, 1.165) is 31.6 Å². The molecule has 0 bridgehead atoms. The molecule has 2 aromatic heterocycles. The van der Waals surface area contributed by atoms with Crippen molar-refractivity contribution in [2.24, 2.45) is 5.92 Å². The van der Waals surface area contributed by atoms with E-state index in [9.17, 15) is 9.18 Å². The number of amides is 1. The van der Waals surface area contributed by atoms with Crippen molar-refractivity contribution in [3.8, 4) is 0 Å². The Morgan fingerprint density at radius 3 is 3.04 bits per heavy atom. The second-order valence-corrected chi connectivity index (χ2v) is 7.40. The summed E-state index contributed by atoms with van der Waals surface area (Å²) in [5.74, 6) is -0.140. The fourth-order valence-electron chi connectivity index (χ4n) is 3.01. The zero-order chi connectivity index (χ0) is 17.1. The molecule has 1 saturated heterocycles. The molecule has 1 fully saturated rings. The molecule has 1 atom stereocenters. The number of aryl methyl sites for hydroxylation is 1. The number of carbonyl (C=O) groups is 1. The number of likely N-dealkylation sites (tertiary alicyclic amines) is 1. The summed E-state index contributed by atoms with van der Waals surface area (Å²) >= 11 is 1.21. The molecule has 0 saturated carbocycles. The second kappa shape index (κ2) is 7.36. The van der Waals surface area contributed by atoms with Gasteiger partial charge in [-0.25, -0.2) is 0 Å². The van der Waals surface area contributed by atoms with E-state index in [-0.39, 0.29) is 5.91 Å². The fourth-order valence-corrected chi connectivity index (χ4v) is 3.94. The molecule has 1 amide bonds. The molecule has 7 heteroatoms. The summed E-state index contributed by atoms with van der Waals surface area (Å²) in [6.45, 7) is 5.83. The van der Waals surface area contributed by atoms with Crippen molar-refractivity contribution < 1.29 is 9.18 Å². The summed E-state index contributed by atoms with van der Waals surface area (Å²) in [4.78, 5) is 22.0. The number of nitrogens with zero attached hydrogens (tertiary/aromatic N) is 3. The van der Waals surface area contributed by atoms with E-state index in [0.29, 0.717) is 22.5 Å². The number of nitrogens with one attached hydrogen (secondary N) is 1. The van der Waals surface area contributed by atoms with Gasteiger partial charge in [0.15, 0.2) is 5.13 Å². The van der Waals surface area contributed by atoms with Crippen LogP contribution in [0.15, 0.2) is 18.3 Å². The summed E-state index contributed by atoms with van der Waals surface area (Å²) in [5, 5.41) is 2.87. The molecule has 1 N–H and O–H groups in total. The lowest BCUT2D eigenvalue weighted by molar-refractivity contribution is -0.114. The minimum Gasteiger partial charge on any atom is -0.302 e. The lowest BCUT2D eigenvalue weighted by atomic mass is 10.00. The number of pyridine rings is 1. The summed E-state index contributed by atoms with van der Waals surface area (Å²) in [5.41, 5.74) is 2.28. The number of hydrogen-bond donors (Lipinski definition) is 1. The first-order valence-electron chi connectivity index (χ1n) is 8.06. The molecule has 5 nitrogen and oxygen atoms in total. The average Bonchev–Trinajstić information content (AvgIpc) is 3.08. The van der Waals surface area contributed by atoms with E-state index in [1.54, 1.807) is 0 Å². The highest BCUT2D eigenvalue weighted by Crippen LogP contribution is 2.27. The van der Waals surface area contributed by atoms with Crippen LogP contribution in [0.1, 0.15) is 29.5 Å². The molecule has 3 rings (SSSR count). The van der Waals surface area contributed by atoms with Gasteiger partial charge in [-0.3, -0.25) is 14.7 Å². The van der Waals surface area contributed by atoms with Gasteiger partial charge in [-0.1, -0.05) is 17.4 Å². The smallest absolute Gasteiger partial charge is 0.230 e. The molecular weight excluding hydrogens is 327 g/mol. The third kappa shape index (κ3) is 4.36. The van der Waals surface area contributed by atoms with Crippen molar-refractivity contribution in [2.75, 3.05) is 18.4 Å². The standard InChI is InChI=1S/C17H21FN4OS/c1-11-3-4-13(8-19-11)7-14-5-6-22(9-14)10-15-16(18)21-17(24-15)20-12(2)23/h3-4,8,14H,5-7,9-10H2,1-2H3,(H,20,21,23). The Balaban J connectivity index is 1.55. The minimum absolute atomic E-state index is 0.233. The lowest BCUT2D eigenvalue weighted by Crippen LogP contribution is -2.20. The van der Waals surface area contributed by atoms with Gasteiger partial charge >= 0.3 is 0 Å². The van der Waals surface area contributed by atoms with Gasteiger partial charge in [-0.15, -0.1) is 0 Å². The number of thiazole rings is 1. The maximum Gasteiger partial charge on any atom is 0.230 e. The Morgan fingerprint density at radius 2 is 2.33 bits per heavy atom. The molecule has 0 spiro atoms. The molecule has 0 radical (unpaired) electrons. The van der Waals surface area contributed by atoms with Crippen molar-refractivity contribution in [2.45, 2.75) is 33.2 Å². The Bertz CT molecular complexity index is 716. The first-order chi connectivity index (χ1) is 11.5. The zero-order valence-electron chi connectivity index (χ0n) is 13.9. The minimum atomic E-state index is -0.477. The van der Waals surface area contributed by atoms with Gasteiger partial charge in [0.2, 0.25) is 11.9 Å². The van der Waals surface area contributed by atoms with Crippen LogP contribution in [0.25, 0.3) is 0 Å². The number of halogens is 1. The molecule has 2 aromatic rings. The van der Waals surface area contributed by atoms with Gasteiger partial charge in [0.1, 0.15) is 0 Å². The van der Waals surface area contributed by atoms with Crippen LogP contribution in [0.5, 0.6) is 0 Å². The van der Waals surface area contributed by atoms with Crippen LogP contribution in [-0.2, 0) is 17.8 Å². The zero-order valence-corrected chi connectivity index (χ0v) is 14.7. The number of hydrogen-bond acceptors (Lipinski definition) is 5. The Kier molecular flexibility index (Phi) is 5.20. The maximum atomic E-state index is 13.9. The summed E-state index contributed by atoms with van der Waals surface area (Å²) in [6, 6.07) is 4.17. The summed E-state index contributed by atoms with van der Waals surface area (Å²) < 4.78 is 13.9. The molecule has 3 heterocycles. The van der Waals surface area contributed by atoms with E-state index in [1.807, 2.05) is 19.2 Å². The highest BCUT2D eigenvalue weighted by molar-refractivity contribution is 7.15. The van der Waals surface area contributed by atoms with Gasteiger partial charge in [0.05, 0.1) is 4.88 Å². The summed E-state index contributed by atoms with van der Waals surface area (Å²) in [7, 11) is 0. The SMILES string of the molecule is CC(=O)Nc1nc(F)c(CN2CCC(Cc3ccc(C)nc3)C2)s1. The predicted octanol–water partition coefficient (Wildman–Crippen LogP) is 3.01. The average molecular weight is 348 g/mol. The highest BCUT2D eigenvalue weighted by Gasteiger charge is 2.24. The van der Waals surface area contributed by atoms with E-state index in [4.69, 9.17) is 0 Å². The Hall–Kier alpha value is -1.86. The Morgan fingerprint density at radius 1 is 1.50 bits per heavy atom. The van der Waals surface area contributed by atoms with Crippen molar-refractivity contribution in [1.82, 2.24) is 14.9 Å². The van der Waals surface area contributed by atoms with Crippen LogP contribution in [0.3, 0.4) is 0 Å². The van der Waals surface area contributed by atoms with Gasteiger partial charge < -0.3 is 5.32 Å². The third-order valence-electron chi connectivity index (χ3n) is 4.17. The van der Waals surface area contributed by atoms with E-state index in [1.165, 1.54) is 23.8 Å². The van der Waals surface area contributed by atoms with Crippen LogP contribution in [0.4, 0.5) is 9.52 Å². The highest BCUT2D eigenvalue weighted by atomic mass is 32.1. The lowest BCUT2D eigenvalue weighted by Gasteiger charge is -2.14. The quantitative estimate of drug-likeness (QED) is 0.902. The van der Waals surface area contributed by atoms with Gasteiger partial charge in [0, 0.05) is 31.9 Å². The van der Waals surface area contributed by atoms with Crippen LogP contribution in [-0.4, -0.2) is 33.9 Å². The predicted molar refractivity (Wildman–Crippen MR) is 92.4 cm³/mol. The molecule has 1 aliphatic rings. The van der Waals surface area contributed by atoms with E-state index < -0.39 is 5.95 Å². The normalized spacial score (nSPS) is 18.0. The molecular formula is C17H21FN4OS. The maximum absolute atomic E-state index is 13.9. The Labute approximate surface area is 144 Å². The topological polar surface area (TPSA) is 58.1 Å².